The number of aromatic nitrogens is 4. The number of rotatable bonds is 7. The summed E-state index contributed by atoms with van der Waals surface area (Å²) in [5, 5.41) is 9.93. The van der Waals surface area contributed by atoms with Crippen molar-refractivity contribution >= 4 is 38.2 Å². The number of hydrogen-bond donors (Lipinski definition) is 0. The van der Waals surface area contributed by atoms with Crippen molar-refractivity contribution in [2.24, 2.45) is 0 Å². The number of fused-ring (bicyclic) bond motifs is 6. The first-order chi connectivity index (χ1) is 30.8. The van der Waals surface area contributed by atoms with Gasteiger partial charge < -0.3 is 4.42 Å². The summed E-state index contributed by atoms with van der Waals surface area (Å²) in [7, 11) is 0. The van der Waals surface area contributed by atoms with Crippen molar-refractivity contribution in [2.45, 2.75) is 0 Å². The van der Waals surface area contributed by atoms with Crippen LogP contribution in [0.25, 0.3) is 117 Å². The molecule has 5 nitrogen and oxygen atoms in total. The second kappa shape index (κ2) is 14.7. The SMILES string of the molecule is c1ccc(-c2nc(-c3ccc(-c4c(-c5ccccc5)n5nc(-c6ccccc6)c(-c6ccccc6)c5c5ccccc45)cc3)cc(-c3cccc4oc5ccccc5c34)n2)cc1. The molecule has 62 heavy (non-hydrogen) atoms. The minimum atomic E-state index is 0.664. The van der Waals surface area contributed by atoms with E-state index in [1.54, 1.807) is 0 Å². The van der Waals surface area contributed by atoms with Gasteiger partial charge in [-0.25, -0.2) is 14.5 Å². The molecule has 0 spiro atoms. The van der Waals surface area contributed by atoms with Crippen molar-refractivity contribution in [3.63, 3.8) is 0 Å². The first kappa shape index (κ1) is 35.5. The third-order valence-corrected chi connectivity index (χ3v) is 11.8. The van der Waals surface area contributed by atoms with E-state index in [9.17, 15) is 0 Å². The van der Waals surface area contributed by atoms with Crippen LogP contribution in [0, 0.1) is 0 Å². The fourth-order valence-corrected chi connectivity index (χ4v) is 9.05. The van der Waals surface area contributed by atoms with Gasteiger partial charge in [0.1, 0.15) is 16.9 Å². The molecule has 5 heteroatoms. The molecule has 0 bridgehead atoms. The van der Waals surface area contributed by atoms with Crippen molar-refractivity contribution in [2.75, 3.05) is 0 Å². The van der Waals surface area contributed by atoms with E-state index in [0.717, 1.165) is 111 Å². The van der Waals surface area contributed by atoms with E-state index in [2.05, 4.69) is 180 Å². The first-order valence-electron chi connectivity index (χ1n) is 20.9. The molecule has 290 valence electrons. The van der Waals surface area contributed by atoms with E-state index in [-0.39, 0.29) is 0 Å². The van der Waals surface area contributed by atoms with Crippen LogP contribution in [0.4, 0.5) is 0 Å². The average molecular weight is 793 g/mol. The van der Waals surface area contributed by atoms with Gasteiger partial charge in [0.15, 0.2) is 5.82 Å². The maximum Gasteiger partial charge on any atom is 0.160 e. The average Bonchev–Trinajstić information content (AvgIpc) is 3.95. The van der Waals surface area contributed by atoms with E-state index in [0.29, 0.717) is 5.82 Å². The molecule has 0 radical (unpaired) electrons. The summed E-state index contributed by atoms with van der Waals surface area (Å²) in [4.78, 5) is 10.4. The van der Waals surface area contributed by atoms with Gasteiger partial charge in [0.2, 0.25) is 0 Å². The van der Waals surface area contributed by atoms with Gasteiger partial charge in [0.05, 0.1) is 22.6 Å². The summed E-state index contributed by atoms with van der Waals surface area (Å²) in [5.41, 5.74) is 15.9. The Bertz CT molecular complexity index is 3600. The summed E-state index contributed by atoms with van der Waals surface area (Å²) in [5.74, 6) is 0.664. The molecule has 0 saturated heterocycles. The van der Waals surface area contributed by atoms with Crippen molar-refractivity contribution in [1.82, 2.24) is 19.6 Å². The lowest BCUT2D eigenvalue weighted by atomic mass is 9.91. The van der Waals surface area contributed by atoms with Gasteiger partial charge in [0, 0.05) is 55.1 Å². The number of furan rings is 1. The molecule has 0 aliphatic carbocycles. The van der Waals surface area contributed by atoms with Crippen molar-refractivity contribution in [3.05, 3.63) is 218 Å². The van der Waals surface area contributed by atoms with E-state index in [4.69, 9.17) is 19.5 Å². The molecule has 0 aliphatic rings. The predicted octanol–water partition coefficient (Wildman–Crippen LogP) is 14.8. The number of benzene rings is 8. The molecule has 0 atom stereocenters. The van der Waals surface area contributed by atoms with Crippen LogP contribution in [-0.4, -0.2) is 19.6 Å². The summed E-state index contributed by atoms with van der Waals surface area (Å²) >= 11 is 0. The van der Waals surface area contributed by atoms with Gasteiger partial charge in [-0.3, -0.25) is 0 Å². The number of hydrogen-bond acceptors (Lipinski definition) is 4. The smallest absolute Gasteiger partial charge is 0.160 e. The Morgan fingerprint density at radius 1 is 0.371 bits per heavy atom. The van der Waals surface area contributed by atoms with E-state index in [1.165, 1.54) is 0 Å². The van der Waals surface area contributed by atoms with Gasteiger partial charge >= 0.3 is 0 Å². The topological polar surface area (TPSA) is 56.2 Å². The summed E-state index contributed by atoms with van der Waals surface area (Å²) in [6.45, 7) is 0. The minimum absolute atomic E-state index is 0.664. The number of nitrogens with zero attached hydrogens (tertiary/aromatic N) is 4. The molecule has 4 heterocycles. The normalized spacial score (nSPS) is 11.5. The van der Waals surface area contributed by atoms with Gasteiger partial charge in [-0.15, -0.1) is 0 Å². The highest BCUT2D eigenvalue weighted by Gasteiger charge is 2.25. The summed E-state index contributed by atoms with van der Waals surface area (Å²) in [6.07, 6.45) is 0. The highest BCUT2D eigenvalue weighted by Crippen LogP contribution is 2.46. The van der Waals surface area contributed by atoms with E-state index in [1.807, 2.05) is 42.5 Å². The van der Waals surface area contributed by atoms with E-state index >= 15 is 0 Å². The Kier molecular flexibility index (Phi) is 8.42. The Morgan fingerprint density at radius 3 is 1.61 bits per heavy atom. The molecule has 4 aromatic heterocycles. The largest absolute Gasteiger partial charge is 0.456 e. The van der Waals surface area contributed by atoms with Gasteiger partial charge in [-0.05, 0) is 34.7 Å². The zero-order valence-corrected chi connectivity index (χ0v) is 33.5. The highest BCUT2D eigenvalue weighted by atomic mass is 16.3. The number of pyridine rings is 1. The van der Waals surface area contributed by atoms with Crippen LogP contribution < -0.4 is 0 Å². The zero-order valence-electron chi connectivity index (χ0n) is 33.5. The molecule has 0 unspecified atom stereocenters. The molecule has 0 saturated carbocycles. The van der Waals surface area contributed by atoms with Gasteiger partial charge in [0.25, 0.3) is 0 Å². The van der Waals surface area contributed by atoms with Crippen LogP contribution in [0.15, 0.2) is 223 Å². The third-order valence-electron chi connectivity index (χ3n) is 11.8. The van der Waals surface area contributed by atoms with Crippen LogP contribution >= 0.6 is 0 Å². The summed E-state index contributed by atoms with van der Waals surface area (Å²) < 4.78 is 8.49. The van der Waals surface area contributed by atoms with Crippen molar-refractivity contribution in [3.8, 4) is 78.7 Å². The fraction of sp³-hybridized carbons (Fsp3) is 0. The number of para-hydroxylation sites is 1. The maximum absolute atomic E-state index is 6.30. The van der Waals surface area contributed by atoms with Crippen LogP contribution in [0.5, 0.6) is 0 Å². The fourth-order valence-electron chi connectivity index (χ4n) is 9.05. The van der Waals surface area contributed by atoms with E-state index < -0.39 is 0 Å². The molecule has 0 N–H and O–H groups in total. The van der Waals surface area contributed by atoms with Crippen LogP contribution in [-0.2, 0) is 0 Å². The molecule has 0 fully saturated rings. The molecule has 0 aliphatic heterocycles. The Labute approximate surface area is 357 Å². The van der Waals surface area contributed by atoms with Crippen LogP contribution in [0.1, 0.15) is 0 Å². The lowest BCUT2D eigenvalue weighted by Crippen LogP contribution is -2.00. The second-order valence-electron chi connectivity index (χ2n) is 15.5. The molecular formula is C57H36N4O. The Hall–Kier alpha value is -8.41. The standard InChI is InChI=1S/C57H36N4O/c1-5-18-38(19-6-1)52-54(40-20-7-2-8-21-40)60-61-55(41-22-9-3-10-23-41)51(43-26-13-14-27-44(43)56(52)61)39-34-32-37(33-35-39)47-36-48(59-57(58-47)42-24-11-4-12-25-42)45-29-17-31-50-53(45)46-28-15-16-30-49(46)62-50/h1-36H. The monoisotopic (exact) mass is 792 g/mol. The zero-order chi connectivity index (χ0) is 41.0. The molecule has 12 aromatic rings. The minimum Gasteiger partial charge on any atom is -0.456 e. The van der Waals surface area contributed by atoms with Gasteiger partial charge in [-0.2, -0.15) is 5.10 Å². The lowest BCUT2D eigenvalue weighted by molar-refractivity contribution is 0.669. The van der Waals surface area contributed by atoms with Crippen molar-refractivity contribution in [1.29, 1.82) is 0 Å². The highest BCUT2D eigenvalue weighted by molar-refractivity contribution is 6.15. The quantitative estimate of drug-likeness (QED) is 0.161. The molecule has 0 amide bonds. The van der Waals surface area contributed by atoms with Crippen LogP contribution in [0.3, 0.4) is 0 Å². The van der Waals surface area contributed by atoms with Gasteiger partial charge in [-0.1, -0.05) is 200 Å². The molecule has 12 rings (SSSR count). The van der Waals surface area contributed by atoms with Crippen LogP contribution in [0.2, 0.25) is 0 Å². The summed E-state index contributed by atoms with van der Waals surface area (Å²) in [6, 6.07) is 76.1. The second-order valence-corrected chi connectivity index (χ2v) is 15.5. The van der Waals surface area contributed by atoms with Crippen molar-refractivity contribution < 1.29 is 4.42 Å². The molecular weight excluding hydrogens is 757 g/mol. The Balaban J connectivity index is 1.08. The lowest BCUT2D eigenvalue weighted by Gasteiger charge is -2.18. The third kappa shape index (κ3) is 5.90. The Morgan fingerprint density at radius 2 is 0.903 bits per heavy atom. The molecule has 8 aromatic carbocycles. The first-order valence-corrected chi connectivity index (χ1v) is 20.9. The maximum atomic E-state index is 6.30. The predicted molar refractivity (Wildman–Crippen MR) is 254 cm³/mol.